The summed E-state index contributed by atoms with van der Waals surface area (Å²) < 4.78 is 7.94. The second kappa shape index (κ2) is 10.5. The first-order valence-electron chi connectivity index (χ1n) is 12.4. The number of carbonyl (C=O) groups is 1. The maximum atomic E-state index is 9.00. The first-order chi connectivity index (χ1) is 18.3. The molecule has 5 aromatic rings. The molecular formula is C27H30N8O3. The maximum Gasteiger partial charge on any atom is 0.300 e. The van der Waals surface area contributed by atoms with Gasteiger partial charge in [-0.2, -0.15) is 10.1 Å². The van der Waals surface area contributed by atoms with Crippen LogP contribution in [0.25, 0.3) is 33.4 Å². The van der Waals surface area contributed by atoms with Crippen molar-refractivity contribution in [2.24, 2.45) is 0 Å². The van der Waals surface area contributed by atoms with Crippen LogP contribution in [0.15, 0.2) is 47.1 Å². The van der Waals surface area contributed by atoms with E-state index in [2.05, 4.69) is 38.6 Å². The summed E-state index contributed by atoms with van der Waals surface area (Å²) in [6, 6.07) is 12.8. The Balaban J connectivity index is 0.000000689. The van der Waals surface area contributed by atoms with Crippen molar-refractivity contribution in [2.75, 3.05) is 24.1 Å². The number of nitrogens with two attached hydrogens (primary N) is 1. The minimum atomic E-state index is -0.833. The third-order valence-electron chi connectivity index (χ3n) is 6.36. The molecule has 0 amide bonds. The molecule has 1 unspecified atom stereocenters. The lowest BCUT2D eigenvalue weighted by molar-refractivity contribution is -0.134. The fourth-order valence-corrected chi connectivity index (χ4v) is 4.76. The van der Waals surface area contributed by atoms with Gasteiger partial charge < -0.3 is 25.9 Å². The second-order valence-corrected chi connectivity index (χ2v) is 9.42. The molecule has 5 N–H and O–H groups in total. The van der Waals surface area contributed by atoms with Crippen LogP contribution < -0.4 is 16.4 Å². The van der Waals surface area contributed by atoms with Gasteiger partial charge in [0.15, 0.2) is 11.2 Å². The van der Waals surface area contributed by atoms with Crippen LogP contribution in [0.2, 0.25) is 0 Å². The number of nitrogens with zero attached hydrogens (tertiary/aromatic N) is 5. The Labute approximate surface area is 219 Å². The van der Waals surface area contributed by atoms with Crippen LogP contribution in [-0.4, -0.2) is 48.9 Å². The van der Waals surface area contributed by atoms with Gasteiger partial charge in [-0.25, -0.2) is 14.6 Å². The molecule has 1 aliphatic heterocycles. The molecule has 6 rings (SSSR count). The highest BCUT2D eigenvalue weighted by Crippen LogP contribution is 2.34. The number of carboxylic acid groups (broad SMARTS) is 1. The number of nitrogens with one attached hydrogen (secondary N) is 2. The number of aliphatic carboxylic acids is 1. The topological polar surface area (TPSA) is 157 Å². The number of benzene rings is 2. The monoisotopic (exact) mass is 514 g/mol. The summed E-state index contributed by atoms with van der Waals surface area (Å²) in [5, 5.41) is 19.9. The van der Waals surface area contributed by atoms with Crippen LogP contribution in [0.1, 0.15) is 36.9 Å². The number of hydrogen-bond donors (Lipinski definition) is 4. The average molecular weight is 515 g/mol. The van der Waals surface area contributed by atoms with E-state index < -0.39 is 5.97 Å². The molecule has 1 fully saturated rings. The van der Waals surface area contributed by atoms with E-state index in [-0.39, 0.29) is 6.04 Å². The van der Waals surface area contributed by atoms with Gasteiger partial charge >= 0.3 is 0 Å². The van der Waals surface area contributed by atoms with Gasteiger partial charge in [0.25, 0.3) is 12.0 Å². The number of rotatable bonds is 4. The van der Waals surface area contributed by atoms with E-state index in [1.807, 2.05) is 41.9 Å². The smallest absolute Gasteiger partial charge is 0.300 e. The molecule has 0 spiro atoms. The minimum absolute atomic E-state index is 0.242. The predicted molar refractivity (Wildman–Crippen MR) is 146 cm³/mol. The molecule has 38 heavy (non-hydrogen) atoms. The van der Waals surface area contributed by atoms with Crippen LogP contribution in [0, 0.1) is 13.8 Å². The van der Waals surface area contributed by atoms with E-state index in [0.717, 1.165) is 83.1 Å². The van der Waals surface area contributed by atoms with Gasteiger partial charge in [0.05, 0.1) is 11.4 Å². The van der Waals surface area contributed by atoms with E-state index >= 15 is 0 Å². The highest BCUT2D eigenvalue weighted by atomic mass is 16.4. The van der Waals surface area contributed by atoms with Crippen molar-refractivity contribution in [1.82, 2.24) is 30.0 Å². The lowest BCUT2D eigenvalue weighted by atomic mass is 10.1. The summed E-state index contributed by atoms with van der Waals surface area (Å²) >= 11 is 0. The highest BCUT2D eigenvalue weighted by Gasteiger charge is 2.23. The number of aryl methyl sites for hydroxylation is 2. The summed E-state index contributed by atoms with van der Waals surface area (Å²) in [5.74, 6) is -0.394. The summed E-state index contributed by atoms with van der Waals surface area (Å²) in [6.45, 7) is 7.07. The number of piperidine rings is 1. The largest absolute Gasteiger partial charge is 0.481 e. The van der Waals surface area contributed by atoms with E-state index in [0.29, 0.717) is 11.8 Å². The normalized spacial score (nSPS) is 15.3. The molecule has 11 nitrogen and oxygen atoms in total. The fraction of sp³-hybridized carbons (Fsp3) is 0.296. The molecule has 11 heteroatoms. The van der Waals surface area contributed by atoms with Crippen LogP contribution in [-0.2, 0) is 4.79 Å². The zero-order valence-electron chi connectivity index (χ0n) is 21.5. The summed E-state index contributed by atoms with van der Waals surface area (Å²) in [5.41, 5.74) is 13.5. The van der Waals surface area contributed by atoms with Crippen molar-refractivity contribution in [3.05, 3.63) is 53.9 Å². The van der Waals surface area contributed by atoms with Crippen LogP contribution >= 0.6 is 0 Å². The summed E-state index contributed by atoms with van der Waals surface area (Å²) in [4.78, 5) is 22.3. The average Bonchev–Trinajstić information content (AvgIpc) is 3.47. The molecule has 1 atom stereocenters. The zero-order chi connectivity index (χ0) is 26.8. The SMILES string of the molecule is CC(=O)O.Cc1cc(C)c2oc(Nc3ccc(-c4nn(C5CCCNC5)c5ncnc(N)c45)cc3)nc2c1. The molecule has 3 aromatic heterocycles. The van der Waals surface area contributed by atoms with Crippen molar-refractivity contribution >= 4 is 45.6 Å². The lowest BCUT2D eigenvalue weighted by Gasteiger charge is -2.23. The van der Waals surface area contributed by atoms with Crippen molar-refractivity contribution in [1.29, 1.82) is 0 Å². The fourth-order valence-electron chi connectivity index (χ4n) is 4.76. The first-order valence-corrected chi connectivity index (χ1v) is 12.4. The molecular weight excluding hydrogens is 484 g/mol. The highest BCUT2D eigenvalue weighted by molar-refractivity contribution is 5.98. The molecule has 4 heterocycles. The standard InChI is InChI=1S/C25H26N8O.C2H4O2/c1-14-10-15(2)22-19(11-14)31-25(34-22)30-17-7-5-16(6-8-17)21-20-23(26)28-13-29-24(20)33(32-21)18-4-3-9-27-12-18;1-2(3)4/h5-8,10-11,13,18,27H,3-4,9,12H2,1-2H3,(H,30,31)(H2,26,28,29);1H3,(H,3,4). The molecule has 0 bridgehead atoms. The van der Waals surface area contributed by atoms with E-state index in [9.17, 15) is 0 Å². The van der Waals surface area contributed by atoms with E-state index in [1.54, 1.807) is 0 Å². The maximum absolute atomic E-state index is 9.00. The van der Waals surface area contributed by atoms with Crippen LogP contribution in [0.4, 0.5) is 17.5 Å². The molecule has 196 valence electrons. The third-order valence-corrected chi connectivity index (χ3v) is 6.36. The number of anilines is 3. The number of hydrogen-bond acceptors (Lipinski definition) is 9. The molecule has 0 saturated carbocycles. The van der Waals surface area contributed by atoms with Crippen molar-refractivity contribution in [3.63, 3.8) is 0 Å². The second-order valence-electron chi connectivity index (χ2n) is 9.42. The Kier molecular flexibility index (Phi) is 6.93. The van der Waals surface area contributed by atoms with Gasteiger partial charge in [-0.3, -0.25) is 4.79 Å². The Hall–Kier alpha value is -4.51. The molecule has 0 aliphatic carbocycles. The summed E-state index contributed by atoms with van der Waals surface area (Å²) in [6.07, 6.45) is 3.67. The number of aromatic nitrogens is 5. The Morgan fingerprint density at radius 3 is 2.68 bits per heavy atom. The molecule has 1 saturated heterocycles. The van der Waals surface area contributed by atoms with Crippen molar-refractivity contribution < 1.29 is 14.3 Å². The Morgan fingerprint density at radius 2 is 1.97 bits per heavy atom. The molecule has 1 aliphatic rings. The quantitative estimate of drug-likeness (QED) is 0.267. The van der Waals surface area contributed by atoms with Crippen molar-refractivity contribution in [3.8, 4) is 11.3 Å². The van der Waals surface area contributed by atoms with Gasteiger partial charge in [-0.1, -0.05) is 18.2 Å². The molecule has 2 aromatic carbocycles. The van der Waals surface area contributed by atoms with E-state index in [4.69, 9.17) is 25.2 Å². The summed E-state index contributed by atoms with van der Waals surface area (Å²) in [7, 11) is 0. The number of carboxylic acids is 1. The zero-order valence-corrected chi connectivity index (χ0v) is 21.5. The van der Waals surface area contributed by atoms with Gasteiger partial charge in [0.1, 0.15) is 23.4 Å². The molecule has 0 radical (unpaired) electrons. The number of oxazole rings is 1. The van der Waals surface area contributed by atoms with Crippen LogP contribution in [0.5, 0.6) is 0 Å². The van der Waals surface area contributed by atoms with Gasteiger partial charge in [-0.05, 0) is 62.6 Å². The Bertz CT molecular complexity index is 1600. The number of fused-ring (bicyclic) bond motifs is 2. The number of nitrogen functional groups attached to an aromatic ring is 1. The lowest BCUT2D eigenvalue weighted by Crippen LogP contribution is -2.32. The predicted octanol–water partition coefficient (Wildman–Crippen LogP) is 4.59. The first kappa shape index (κ1) is 25.2. The minimum Gasteiger partial charge on any atom is -0.481 e. The van der Waals surface area contributed by atoms with E-state index in [1.165, 1.54) is 6.33 Å². The van der Waals surface area contributed by atoms with Gasteiger partial charge in [-0.15, -0.1) is 0 Å². The Morgan fingerprint density at radius 1 is 1.21 bits per heavy atom. The van der Waals surface area contributed by atoms with Gasteiger partial charge in [0.2, 0.25) is 0 Å². The third kappa shape index (κ3) is 5.14. The van der Waals surface area contributed by atoms with Gasteiger partial charge in [0, 0.05) is 24.7 Å². The van der Waals surface area contributed by atoms with Crippen molar-refractivity contribution in [2.45, 2.75) is 39.7 Å². The van der Waals surface area contributed by atoms with Crippen LogP contribution in [0.3, 0.4) is 0 Å².